The first-order valence-corrected chi connectivity index (χ1v) is 9.45. The molecule has 0 bridgehead atoms. The number of rotatable bonds is 7. The highest BCUT2D eigenvalue weighted by atomic mass is 32.1. The Labute approximate surface area is 144 Å². The van der Waals surface area contributed by atoms with Crippen molar-refractivity contribution in [3.05, 3.63) is 22.4 Å². The Hall–Kier alpha value is -1.11. The van der Waals surface area contributed by atoms with E-state index in [1.54, 1.807) is 11.3 Å². The minimum absolute atomic E-state index is 0.280. The third kappa shape index (κ3) is 6.49. The number of aliphatic imine (C=N–C) groups is 1. The summed E-state index contributed by atoms with van der Waals surface area (Å²) in [6.07, 6.45) is 0. The van der Waals surface area contributed by atoms with Crippen molar-refractivity contribution in [1.82, 2.24) is 15.5 Å². The molecule has 1 fully saturated rings. The number of nitrogens with zero attached hydrogens (tertiary/aromatic N) is 2. The van der Waals surface area contributed by atoms with Crippen molar-refractivity contribution in [3.8, 4) is 0 Å². The van der Waals surface area contributed by atoms with Crippen LogP contribution in [-0.2, 0) is 4.74 Å². The van der Waals surface area contributed by atoms with Gasteiger partial charge in [0.05, 0.1) is 19.3 Å². The maximum Gasteiger partial charge on any atom is 0.191 e. The molecule has 2 rings (SSSR count). The topological polar surface area (TPSA) is 48.9 Å². The molecule has 6 heteroatoms. The van der Waals surface area contributed by atoms with E-state index in [4.69, 9.17) is 9.73 Å². The number of morpholine rings is 1. The molecule has 1 aromatic rings. The summed E-state index contributed by atoms with van der Waals surface area (Å²) in [5, 5.41) is 8.95. The summed E-state index contributed by atoms with van der Waals surface area (Å²) in [5.41, 5.74) is 0. The third-order valence-electron chi connectivity index (χ3n) is 3.90. The zero-order valence-electron chi connectivity index (χ0n) is 14.5. The zero-order chi connectivity index (χ0) is 16.5. The molecule has 2 heterocycles. The van der Waals surface area contributed by atoms with Gasteiger partial charge in [-0.2, -0.15) is 0 Å². The number of nitrogens with one attached hydrogen (secondary N) is 2. The van der Waals surface area contributed by atoms with E-state index < -0.39 is 0 Å². The van der Waals surface area contributed by atoms with Crippen molar-refractivity contribution in [1.29, 1.82) is 0 Å². The third-order valence-corrected chi connectivity index (χ3v) is 4.96. The SMILES string of the molecule is CCNC(=NCC(C)CN1CCOCC1)NC(C)c1cccs1. The normalized spacial score (nSPS) is 19.3. The van der Waals surface area contributed by atoms with Crippen molar-refractivity contribution in [2.45, 2.75) is 26.8 Å². The Morgan fingerprint density at radius 1 is 1.39 bits per heavy atom. The summed E-state index contributed by atoms with van der Waals surface area (Å²) in [5.74, 6) is 1.45. The van der Waals surface area contributed by atoms with E-state index in [9.17, 15) is 0 Å². The van der Waals surface area contributed by atoms with E-state index >= 15 is 0 Å². The van der Waals surface area contributed by atoms with Crippen molar-refractivity contribution in [2.24, 2.45) is 10.9 Å². The van der Waals surface area contributed by atoms with Crippen molar-refractivity contribution < 1.29 is 4.74 Å². The summed E-state index contributed by atoms with van der Waals surface area (Å²) in [4.78, 5) is 8.57. The lowest BCUT2D eigenvalue weighted by atomic mass is 10.1. The smallest absolute Gasteiger partial charge is 0.191 e. The van der Waals surface area contributed by atoms with Crippen LogP contribution in [0.25, 0.3) is 0 Å². The molecule has 0 spiro atoms. The largest absolute Gasteiger partial charge is 0.379 e. The van der Waals surface area contributed by atoms with Gasteiger partial charge >= 0.3 is 0 Å². The molecule has 1 aliphatic heterocycles. The van der Waals surface area contributed by atoms with Crippen LogP contribution in [0, 0.1) is 5.92 Å². The van der Waals surface area contributed by atoms with Crippen molar-refractivity contribution in [3.63, 3.8) is 0 Å². The van der Waals surface area contributed by atoms with Gasteiger partial charge in [0.25, 0.3) is 0 Å². The molecule has 0 radical (unpaired) electrons. The van der Waals surface area contributed by atoms with E-state index in [0.29, 0.717) is 5.92 Å². The molecule has 5 nitrogen and oxygen atoms in total. The molecular formula is C17H30N4OS. The molecule has 23 heavy (non-hydrogen) atoms. The summed E-state index contributed by atoms with van der Waals surface area (Å²) in [7, 11) is 0. The minimum Gasteiger partial charge on any atom is -0.379 e. The van der Waals surface area contributed by atoms with Gasteiger partial charge in [0.2, 0.25) is 0 Å². The summed E-state index contributed by atoms with van der Waals surface area (Å²) >= 11 is 1.77. The second-order valence-electron chi connectivity index (χ2n) is 6.12. The van der Waals surface area contributed by atoms with Gasteiger partial charge < -0.3 is 15.4 Å². The lowest BCUT2D eigenvalue weighted by Gasteiger charge is -2.28. The quantitative estimate of drug-likeness (QED) is 0.592. The molecule has 0 aromatic carbocycles. The first-order chi connectivity index (χ1) is 11.2. The maximum absolute atomic E-state index is 5.40. The summed E-state index contributed by atoms with van der Waals surface area (Å²) < 4.78 is 5.40. The monoisotopic (exact) mass is 338 g/mol. The number of hydrogen-bond acceptors (Lipinski definition) is 4. The molecule has 0 aliphatic carbocycles. The van der Waals surface area contributed by atoms with Gasteiger partial charge in [0, 0.05) is 37.6 Å². The van der Waals surface area contributed by atoms with Crippen LogP contribution in [0.15, 0.2) is 22.5 Å². The van der Waals surface area contributed by atoms with Crippen LogP contribution in [0.1, 0.15) is 31.7 Å². The molecule has 2 atom stereocenters. The molecule has 130 valence electrons. The first-order valence-electron chi connectivity index (χ1n) is 8.57. The fraction of sp³-hybridized carbons (Fsp3) is 0.706. The Balaban J connectivity index is 1.82. The van der Waals surface area contributed by atoms with Crippen molar-refractivity contribution in [2.75, 3.05) is 45.9 Å². The Morgan fingerprint density at radius 3 is 2.83 bits per heavy atom. The molecule has 0 amide bonds. The summed E-state index contributed by atoms with van der Waals surface area (Å²) in [6, 6.07) is 4.53. The highest BCUT2D eigenvalue weighted by molar-refractivity contribution is 7.10. The Kier molecular flexibility index (Phi) is 7.85. The fourth-order valence-electron chi connectivity index (χ4n) is 2.66. The van der Waals surface area contributed by atoms with E-state index in [1.165, 1.54) is 4.88 Å². The second kappa shape index (κ2) is 9.90. The number of thiophene rings is 1. The van der Waals surface area contributed by atoms with Crippen LogP contribution in [-0.4, -0.2) is 56.8 Å². The molecule has 2 unspecified atom stereocenters. The van der Waals surface area contributed by atoms with Crippen LogP contribution < -0.4 is 10.6 Å². The van der Waals surface area contributed by atoms with Crippen LogP contribution >= 0.6 is 11.3 Å². The predicted octanol–water partition coefficient (Wildman–Crippen LogP) is 2.33. The fourth-order valence-corrected chi connectivity index (χ4v) is 3.40. The Morgan fingerprint density at radius 2 is 2.17 bits per heavy atom. The minimum atomic E-state index is 0.280. The van der Waals surface area contributed by atoms with E-state index in [-0.39, 0.29) is 6.04 Å². The van der Waals surface area contributed by atoms with E-state index in [2.05, 4.69) is 53.8 Å². The van der Waals surface area contributed by atoms with Crippen LogP contribution in [0.2, 0.25) is 0 Å². The highest BCUT2D eigenvalue weighted by Gasteiger charge is 2.14. The average Bonchev–Trinajstić information content (AvgIpc) is 3.08. The van der Waals surface area contributed by atoms with Crippen LogP contribution in [0.4, 0.5) is 0 Å². The number of hydrogen-bond donors (Lipinski definition) is 2. The van der Waals surface area contributed by atoms with Crippen LogP contribution in [0.5, 0.6) is 0 Å². The molecule has 1 aliphatic rings. The second-order valence-corrected chi connectivity index (χ2v) is 7.10. The zero-order valence-corrected chi connectivity index (χ0v) is 15.4. The maximum atomic E-state index is 5.40. The average molecular weight is 339 g/mol. The number of ether oxygens (including phenoxy) is 1. The van der Waals surface area contributed by atoms with E-state index in [1.807, 2.05) is 0 Å². The first kappa shape index (κ1) is 18.2. The van der Waals surface area contributed by atoms with Gasteiger partial charge in [-0.3, -0.25) is 9.89 Å². The van der Waals surface area contributed by atoms with Crippen molar-refractivity contribution >= 4 is 17.3 Å². The lowest BCUT2D eigenvalue weighted by molar-refractivity contribution is 0.0323. The van der Waals surface area contributed by atoms with Crippen LogP contribution in [0.3, 0.4) is 0 Å². The molecular weight excluding hydrogens is 308 g/mol. The van der Waals surface area contributed by atoms with Gasteiger partial charge in [-0.05, 0) is 31.2 Å². The summed E-state index contributed by atoms with van der Waals surface area (Å²) in [6.45, 7) is 13.2. The predicted molar refractivity (Wildman–Crippen MR) is 98.3 cm³/mol. The van der Waals surface area contributed by atoms with E-state index in [0.717, 1.165) is 51.9 Å². The van der Waals surface area contributed by atoms with Gasteiger partial charge in [0.1, 0.15) is 0 Å². The van der Waals surface area contributed by atoms with Gasteiger partial charge in [-0.1, -0.05) is 13.0 Å². The van der Waals surface area contributed by atoms with Gasteiger partial charge in [-0.15, -0.1) is 11.3 Å². The standard InChI is InChI=1S/C17H30N4OS/c1-4-18-17(20-15(3)16-6-5-11-23-16)19-12-14(2)13-21-7-9-22-10-8-21/h5-6,11,14-15H,4,7-10,12-13H2,1-3H3,(H2,18,19,20). The molecule has 0 saturated carbocycles. The molecule has 1 saturated heterocycles. The molecule has 1 aromatic heterocycles. The lowest BCUT2D eigenvalue weighted by Crippen LogP contribution is -2.40. The Bertz CT molecular complexity index is 457. The highest BCUT2D eigenvalue weighted by Crippen LogP contribution is 2.17. The van der Waals surface area contributed by atoms with Gasteiger partial charge in [-0.25, -0.2) is 0 Å². The van der Waals surface area contributed by atoms with Gasteiger partial charge in [0.15, 0.2) is 5.96 Å². The number of guanidine groups is 1. The molecule has 2 N–H and O–H groups in total.